The highest BCUT2D eigenvalue weighted by Gasteiger charge is 2.19. The van der Waals surface area contributed by atoms with Crippen molar-refractivity contribution in [3.8, 4) is 0 Å². The Labute approximate surface area is 225 Å². The summed E-state index contributed by atoms with van der Waals surface area (Å²) >= 11 is 0. The molecule has 0 bridgehead atoms. The van der Waals surface area contributed by atoms with E-state index in [2.05, 4.69) is 19.2 Å². The largest absolute Gasteiger partial charge is 0.394 e. The zero-order valence-corrected chi connectivity index (χ0v) is 24.5. The van der Waals surface area contributed by atoms with Crippen LogP contribution in [-0.4, -0.2) is 34.9 Å². The minimum Gasteiger partial charge on any atom is -0.394 e. The van der Waals surface area contributed by atoms with Gasteiger partial charge in [0.25, 0.3) is 0 Å². The van der Waals surface area contributed by atoms with E-state index in [-0.39, 0.29) is 12.5 Å². The van der Waals surface area contributed by atoms with E-state index in [9.17, 15) is 15.0 Å². The number of carbonyl (C=O) groups excluding carboxylic acids is 1. The molecule has 4 nitrogen and oxygen atoms in total. The zero-order chi connectivity index (χ0) is 26.5. The summed E-state index contributed by atoms with van der Waals surface area (Å²) in [6.07, 6.45) is 31.5. The van der Waals surface area contributed by atoms with Crippen molar-refractivity contribution in [2.24, 2.45) is 0 Å². The van der Waals surface area contributed by atoms with Gasteiger partial charge in [-0.15, -0.1) is 0 Å². The Morgan fingerprint density at radius 3 is 1.25 bits per heavy atom. The number of hydrogen-bond donors (Lipinski definition) is 3. The highest BCUT2D eigenvalue weighted by atomic mass is 16.3. The van der Waals surface area contributed by atoms with Gasteiger partial charge in [0.2, 0.25) is 5.91 Å². The average molecular weight is 512 g/mol. The molecule has 0 radical (unpaired) electrons. The first-order valence-electron chi connectivity index (χ1n) is 16.2. The first-order chi connectivity index (χ1) is 17.7. The number of amides is 1. The van der Waals surface area contributed by atoms with E-state index in [1.807, 2.05) is 0 Å². The normalized spacial score (nSPS) is 13.1. The molecule has 4 heteroatoms. The molecule has 36 heavy (non-hydrogen) atoms. The number of rotatable bonds is 29. The summed E-state index contributed by atoms with van der Waals surface area (Å²) in [6, 6.07) is -0.525. The van der Waals surface area contributed by atoms with Crippen LogP contribution in [0.3, 0.4) is 0 Å². The lowest BCUT2D eigenvalue weighted by atomic mass is 10.0. The first-order valence-corrected chi connectivity index (χ1v) is 16.2. The minimum absolute atomic E-state index is 0.0347. The fraction of sp³-hybridized carbons (Fsp3) is 0.969. The van der Waals surface area contributed by atoms with Crippen LogP contribution < -0.4 is 5.32 Å². The molecular weight excluding hydrogens is 446 g/mol. The second-order valence-corrected chi connectivity index (χ2v) is 11.2. The quantitative estimate of drug-likeness (QED) is 0.0877. The average Bonchev–Trinajstić information content (AvgIpc) is 2.88. The third kappa shape index (κ3) is 25.1. The second-order valence-electron chi connectivity index (χ2n) is 11.2. The van der Waals surface area contributed by atoms with Crippen molar-refractivity contribution in [1.29, 1.82) is 0 Å². The molecule has 0 spiro atoms. The Morgan fingerprint density at radius 1 is 0.556 bits per heavy atom. The van der Waals surface area contributed by atoms with E-state index >= 15 is 0 Å². The van der Waals surface area contributed by atoms with Gasteiger partial charge in [0.15, 0.2) is 0 Å². The van der Waals surface area contributed by atoms with Crippen LogP contribution in [-0.2, 0) is 4.79 Å². The van der Waals surface area contributed by atoms with Crippen LogP contribution in [0.25, 0.3) is 0 Å². The van der Waals surface area contributed by atoms with E-state index in [0.29, 0.717) is 12.8 Å². The van der Waals surface area contributed by atoms with Crippen LogP contribution in [0, 0.1) is 0 Å². The molecule has 0 saturated heterocycles. The maximum atomic E-state index is 12.2. The summed E-state index contributed by atoms with van der Waals surface area (Å²) in [5, 5.41) is 22.9. The fourth-order valence-electron chi connectivity index (χ4n) is 5.06. The van der Waals surface area contributed by atoms with Gasteiger partial charge >= 0.3 is 0 Å². The summed E-state index contributed by atoms with van der Waals surface area (Å²) in [6.45, 7) is 4.33. The predicted octanol–water partition coefficient (Wildman–Crippen LogP) is 9.01. The van der Waals surface area contributed by atoms with Crippen molar-refractivity contribution < 1.29 is 15.0 Å². The van der Waals surface area contributed by atoms with Crippen molar-refractivity contribution >= 4 is 5.91 Å². The van der Waals surface area contributed by atoms with Crippen LogP contribution in [0.1, 0.15) is 181 Å². The van der Waals surface area contributed by atoms with E-state index in [1.54, 1.807) is 0 Å². The maximum absolute atomic E-state index is 12.2. The third-order valence-corrected chi connectivity index (χ3v) is 7.62. The van der Waals surface area contributed by atoms with Gasteiger partial charge in [-0.05, 0) is 12.8 Å². The van der Waals surface area contributed by atoms with Gasteiger partial charge in [-0.1, -0.05) is 162 Å². The molecule has 0 rings (SSSR count). The standard InChI is InChI=1S/C32H65NO3/c1-3-5-7-9-11-13-14-15-16-17-18-20-21-23-25-27-31(35)30(29-34)33-32(36)28-26-24-22-19-12-10-8-6-4-2/h30-31,34-35H,3-29H2,1-2H3,(H,33,36). The molecule has 0 aromatic rings. The Hall–Kier alpha value is -0.610. The number of hydrogen-bond acceptors (Lipinski definition) is 3. The van der Waals surface area contributed by atoms with Crippen LogP contribution in [0.4, 0.5) is 0 Å². The molecule has 0 aromatic heterocycles. The number of nitrogens with one attached hydrogen (secondary N) is 1. The van der Waals surface area contributed by atoms with Gasteiger partial charge in [-0.2, -0.15) is 0 Å². The molecule has 1 amide bonds. The summed E-state index contributed by atoms with van der Waals surface area (Å²) in [5.74, 6) is -0.0347. The molecule has 3 N–H and O–H groups in total. The Morgan fingerprint density at radius 2 is 0.889 bits per heavy atom. The first kappa shape index (κ1) is 35.4. The lowest BCUT2D eigenvalue weighted by molar-refractivity contribution is -0.123. The van der Waals surface area contributed by atoms with Gasteiger partial charge in [0.05, 0.1) is 18.8 Å². The second kappa shape index (κ2) is 29.0. The summed E-state index contributed by atoms with van der Waals surface area (Å²) in [5.41, 5.74) is 0. The molecular formula is C32H65NO3. The van der Waals surface area contributed by atoms with Gasteiger partial charge in [-0.25, -0.2) is 0 Å². The van der Waals surface area contributed by atoms with E-state index < -0.39 is 12.1 Å². The smallest absolute Gasteiger partial charge is 0.220 e. The Bertz CT molecular complexity index is 443. The molecule has 216 valence electrons. The van der Waals surface area contributed by atoms with Gasteiger partial charge < -0.3 is 15.5 Å². The van der Waals surface area contributed by atoms with Gasteiger partial charge in [-0.3, -0.25) is 4.79 Å². The minimum atomic E-state index is -0.649. The van der Waals surface area contributed by atoms with Gasteiger partial charge in [0, 0.05) is 6.42 Å². The molecule has 0 aliphatic heterocycles. The van der Waals surface area contributed by atoms with E-state index in [4.69, 9.17) is 0 Å². The SMILES string of the molecule is CCCCCCCCCCCCCCCCCC(O)C(CO)NC(=O)CCCCCCCCCCC. The molecule has 2 atom stereocenters. The summed E-state index contributed by atoms with van der Waals surface area (Å²) in [7, 11) is 0. The molecule has 0 heterocycles. The lowest BCUT2D eigenvalue weighted by Gasteiger charge is -2.22. The van der Waals surface area contributed by atoms with E-state index in [0.717, 1.165) is 25.7 Å². The number of carbonyl (C=O) groups is 1. The van der Waals surface area contributed by atoms with Crippen LogP contribution >= 0.6 is 0 Å². The maximum Gasteiger partial charge on any atom is 0.220 e. The Balaban J connectivity index is 3.54. The molecule has 0 aliphatic carbocycles. The predicted molar refractivity (Wildman–Crippen MR) is 156 cm³/mol. The summed E-state index contributed by atoms with van der Waals surface area (Å²) in [4.78, 5) is 12.2. The lowest BCUT2D eigenvalue weighted by Crippen LogP contribution is -2.45. The number of aliphatic hydroxyl groups is 2. The molecule has 0 aliphatic rings. The van der Waals surface area contributed by atoms with Crippen molar-refractivity contribution in [1.82, 2.24) is 5.32 Å². The monoisotopic (exact) mass is 511 g/mol. The van der Waals surface area contributed by atoms with Crippen LogP contribution in [0.5, 0.6) is 0 Å². The summed E-state index contributed by atoms with van der Waals surface area (Å²) < 4.78 is 0. The molecule has 0 fully saturated rings. The van der Waals surface area contributed by atoms with E-state index in [1.165, 1.54) is 128 Å². The van der Waals surface area contributed by atoms with Crippen LogP contribution in [0.2, 0.25) is 0 Å². The van der Waals surface area contributed by atoms with Crippen LogP contribution in [0.15, 0.2) is 0 Å². The topological polar surface area (TPSA) is 69.6 Å². The van der Waals surface area contributed by atoms with Gasteiger partial charge in [0.1, 0.15) is 0 Å². The molecule has 0 saturated carbocycles. The molecule has 2 unspecified atom stereocenters. The zero-order valence-electron chi connectivity index (χ0n) is 24.5. The third-order valence-electron chi connectivity index (χ3n) is 7.62. The molecule has 0 aromatic carbocycles. The fourth-order valence-corrected chi connectivity index (χ4v) is 5.06. The number of aliphatic hydroxyl groups excluding tert-OH is 2. The van der Waals surface area contributed by atoms with Crippen molar-refractivity contribution in [2.45, 2.75) is 193 Å². The highest BCUT2D eigenvalue weighted by Crippen LogP contribution is 2.15. The van der Waals surface area contributed by atoms with Crippen molar-refractivity contribution in [3.05, 3.63) is 0 Å². The number of unbranched alkanes of at least 4 members (excludes halogenated alkanes) is 22. The van der Waals surface area contributed by atoms with Crippen molar-refractivity contribution in [3.63, 3.8) is 0 Å². The Kier molecular flexibility index (Phi) is 28.5. The highest BCUT2D eigenvalue weighted by molar-refractivity contribution is 5.76. The van der Waals surface area contributed by atoms with Crippen molar-refractivity contribution in [2.75, 3.05) is 6.61 Å².